The monoisotopic (exact) mass is 275 g/mol. The Hall–Kier alpha value is -2.18. The van der Waals surface area contributed by atoms with Crippen LogP contribution in [-0.4, -0.2) is 43.7 Å². The average Bonchev–Trinajstić information content (AvgIpc) is 3.04. The van der Waals surface area contributed by atoms with E-state index in [2.05, 4.69) is 20.0 Å². The van der Waals surface area contributed by atoms with Crippen LogP contribution < -0.4 is 4.90 Å². The van der Waals surface area contributed by atoms with Crippen molar-refractivity contribution >= 4 is 17.6 Å². The summed E-state index contributed by atoms with van der Waals surface area (Å²) in [6.07, 6.45) is 2.74. The molecule has 7 heteroatoms. The molecule has 2 aromatic heterocycles. The van der Waals surface area contributed by atoms with Crippen LogP contribution in [0.3, 0.4) is 0 Å². The van der Waals surface area contributed by atoms with E-state index < -0.39 is 11.4 Å². The van der Waals surface area contributed by atoms with Crippen molar-refractivity contribution in [3.8, 4) is 0 Å². The van der Waals surface area contributed by atoms with Gasteiger partial charge in [0, 0.05) is 24.8 Å². The number of aryl methyl sites for hydroxylation is 1. The molecule has 3 rings (SSSR count). The first-order chi connectivity index (χ1) is 9.55. The summed E-state index contributed by atoms with van der Waals surface area (Å²) in [6.45, 7) is 5.04. The molecule has 2 aromatic rings. The third-order valence-corrected chi connectivity index (χ3v) is 4.17. The fraction of sp³-hybridized carbons (Fsp3) is 0.538. The van der Waals surface area contributed by atoms with Crippen molar-refractivity contribution < 1.29 is 9.90 Å². The minimum Gasteiger partial charge on any atom is -0.481 e. The summed E-state index contributed by atoms with van der Waals surface area (Å²) in [7, 11) is 0. The number of aliphatic carboxylic acids is 1. The second-order valence-corrected chi connectivity index (χ2v) is 5.34. The first kappa shape index (κ1) is 12.8. The summed E-state index contributed by atoms with van der Waals surface area (Å²) < 4.78 is 1.67. The Labute approximate surface area is 116 Å². The molecule has 1 saturated heterocycles. The van der Waals surface area contributed by atoms with Gasteiger partial charge in [-0.15, -0.1) is 0 Å². The smallest absolute Gasteiger partial charge is 0.311 e. The highest BCUT2D eigenvalue weighted by atomic mass is 16.4. The number of aromatic nitrogens is 4. The molecular formula is C13H17N5O2. The fourth-order valence-electron chi connectivity index (χ4n) is 2.82. The van der Waals surface area contributed by atoms with Crippen LogP contribution >= 0.6 is 0 Å². The van der Waals surface area contributed by atoms with Crippen molar-refractivity contribution in [2.24, 2.45) is 5.41 Å². The van der Waals surface area contributed by atoms with E-state index in [1.165, 1.54) is 6.33 Å². The molecule has 0 radical (unpaired) electrons. The van der Waals surface area contributed by atoms with E-state index in [1.807, 2.05) is 19.9 Å². The van der Waals surface area contributed by atoms with Crippen molar-refractivity contribution in [3.05, 3.63) is 18.1 Å². The molecule has 0 amide bonds. The summed E-state index contributed by atoms with van der Waals surface area (Å²) in [5.41, 5.74) is 0.189. The van der Waals surface area contributed by atoms with Gasteiger partial charge in [0.2, 0.25) is 0 Å². The van der Waals surface area contributed by atoms with Gasteiger partial charge in [-0.2, -0.15) is 14.6 Å². The van der Waals surface area contributed by atoms with E-state index in [9.17, 15) is 9.90 Å². The van der Waals surface area contributed by atoms with Gasteiger partial charge in [0.1, 0.15) is 12.1 Å². The van der Waals surface area contributed by atoms with E-state index in [4.69, 9.17) is 0 Å². The Balaban J connectivity index is 2.01. The van der Waals surface area contributed by atoms with Gasteiger partial charge in [-0.3, -0.25) is 4.79 Å². The number of anilines is 1. The predicted octanol–water partition coefficient (Wildman–Crippen LogP) is 1.12. The van der Waals surface area contributed by atoms with Crippen LogP contribution in [0.2, 0.25) is 0 Å². The second-order valence-electron chi connectivity index (χ2n) is 5.34. The number of fused-ring (bicyclic) bond motifs is 1. The molecule has 1 unspecified atom stereocenters. The molecule has 0 saturated carbocycles. The summed E-state index contributed by atoms with van der Waals surface area (Å²) in [4.78, 5) is 22.0. The highest BCUT2D eigenvalue weighted by Gasteiger charge is 2.44. The lowest BCUT2D eigenvalue weighted by molar-refractivity contribution is -0.147. The Morgan fingerprint density at radius 2 is 2.35 bits per heavy atom. The lowest BCUT2D eigenvalue weighted by Gasteiger charge is -2.24. The topological polar surface area (TPSA) is 83.6 Å². The number of nitrogens with zero attached hydrogens (tertiary/aromatic N) is 5. The summed E-state index contributed by atoms with van der Waals surface area (Å²) in [6, 6.07) is 1.93. The number of hydrogen-bond acceptors (Lipinski definition) is 5. The zero-order chi connectivity index (χ0) is 14.3. The van der Waals surface area contributed by atoms with Gasteiger partial charge in [-0.05, 0) is 19.8 Å². The van der Waals surface area contributed by atoms with Crippen molar-refractivity contribution in [1.82, 2.24) is 19.6 Å². The van der Waals surface area contributed by atoms with E-state index in [0.717, 1.165) is 11.5 Å². The quantitative estimate of drug-likeness (QED) is 0.903. The Morgan fingerprint density at radius 1 is 1.55 bits per heavy atom. The van der Waals surface area contributed by atoms with E-state index in [0.29, 0.717) is 31.7 Å². The molecule has 1 aliphatic rings. The third kappa shape index (κ3) is 1.81. The maximum Gasteiger partial charge on any atom is 0.311 e. The average molecular weight is 275 g/mol. The van der Waals surface area contributed by atoms with Crippen LogP contribution in [0.15, 0.2) is 12.4 Å². The van der Waals surface area contributed by atoms with Crippen LogP contribution in [0.4, 0.5) is 5.82 Å². The number of carboxylic acid groups (broad SMARTS) is 1. The predicted molar refractivity (Wildman–Crippen MR) is 72.7 cm³/mol. The van der Waals surface area contributed by atoms with Crippen molar-refractivity contribution in [2.75, 3.05) is 18.0 Å². The van der Waals surface area contributed by atoms with Crippen LogP contribution in [0.1, 0.15) is 25.5 Å². The minimum absolute atomic E-state index is 0.497. The number of hydrogen-bond donors (Lipinski definition) is 1. The number of rotatable bonds is 3. The highest BCUT2D eigenvalue weighted by molar-refractivity contribution is 5.76. The zero-order valence-electron chi connectivity index (χ0n) is 11.6. The number of carbonyl (C=O) groups is 1. The summed E-state index contributed by atoms with van der Waals surface area (Å²) in [5, 5.41) is 13.7. The Morgan fingerprint density at radius 3 is 3.00 bits per heavy atom. The lowest BCUT2D eigenvalue weighted by atomic mass is 9.84. The van der Waals surface area contributed by atoms with Gasteiger partial charge in [-0.25, -0.2) is 4.98 Å². The molecule has 7 nitrogen and oxygen atoms in total. The maximum absolute atomic E-state index is 11.5. The molecule has 1 aliphatic heterocycles. The number of carboxylic acids is 1. The van der Waals surface area contributed by atoms with Gasteiger partial charge in [0.05, 0.1) is 5.41 Å². The first-order valence-corrected chi connectivity index (χ1v) is 6.71. The van der Waals surface area contributed by atoms with Crippen LogP contribution in [0.5, 0.6) is 0 Å². The molecule has 1 atom stereocenters. The first-order valence-electron chi connectivity index (χ1n) is 6.71. The summed E-state index contributed by atoms with van der Waals surface area (Å²) in [5.74, 6) is 0.689. The Kier molecular flexibility index (Phi) is 2.84. The van der Waals surface area contributed by atoms with Crippen molar-refractivity contribution in [1.29, 1.82) is 0 Å². The maximum atomic E-state index is 11.5. The third-order valence-electron chi connectivity index (χ3n) is 4.17. The Bertz CT molecular complexity index is 668. The lowest BCUT2D eigenvalue weighted by Crippen LogP contribution is -2.34. The van der Waals surface area contributed by atoms with Crippen molar-refractivity contribution in [3.63, 3.8) is 0 Å². The molecule has 0 aliphatic carbocycles. The molecule has 106 valence electrons. The standard InChI is InChI=1S/C13H17N5O2/c1-3-13(11(19)20)4-5-17(7-13)10-6-9(2)16-12-14-8-15-18(10)12/h6,8H,3-5,7H2,1-2H3,(H,19,20). The second kappa shape index (κ2) is 4.43. The van der Waals surface area contributed by atoms with Gasteiger partial charge >= 0.3 is 5.97 Å². The van der Waals surface area contributed by atoms with Crippen LogP contribution in [0, 0.1) is 12.3 Å². The minimum atomic E-state index is -0.719. The normalized spacial score (nSPS) is 22.6. The highest BCUT2D eigenvalue weighted by Crippen LogP contribution is 2.36. The molecule has 20 heavy (non-hydrogen) atoms. The van der Waals surface area contributed by atoms with Gasteiger partial charge in [-0.1, -0.05) is 6.92 Å². The molecule has 0 aromatic carbocycles. The fourth-order valence-corrected chi connectivity index (χ4v) is 2.82. The van der Waals surface area contributed by atoms with Crippen molar-refractivity contribution in [2.45, 2.75) is 26.7 Å². The summed E-state index contributed by atoms with van der Waals surface area (Å²) >= 11 is 0. The molecule has 3 heterocycles. The largest absolute Gasteiger partial charge is 0.481 e. The zero-order valence-corrected chi connectivity index (χ0v) is 11.6. The van der Waals surface area contributed by atoms with E-state index in [-0.39, 0.29) is 0 Å². The molecular weight excluding hydrogens is 258 g/mol. The molecule has 0 spiro atoms. The van der Waals surface area contributed by atoms with Gasteiger partial charge in [0.15, 0.2) is 0 Å². The van der Waals surface area contributed by atoms with E-state index >= 15 is 0 Å². The molecule has 1 fully saturated rings. The van der Waals surface area contributed by atoms with Gasteiger partial charge in [0.25, 0.3) is 5.78 Å². The SMILES string of the molecule is CCC1(C(=O)O)CCN(c2cc(C)nc3ncnn23)C1. The van der Waals surface area contributed by atoms with Crippen LogP contribution in [-0.2, 0) is 4.79 Å². The molecule has 1 N–H and O–H groups in total. The van der Waals surface area contributed by atoms with Gasteiger partial charge < -0.3 is 10.0 Å². The molecule has 0 bridgehead atoms. The van der Waals surface area contributed by atoms with E-state index in [1.54, 1.807) is 4.52 Å². The van der Waals surface area contributed by atoms with Crippen LogP contribution in [0.25, 0.3) is 5.78 Å².